The zero-order chi connectivity index (χ0) is 10.2. The van der Waals surface area contributed by atoms with Crippen LogP contribution in [0, 0.1) is 0 Å². The molecular formula is C12H23NO. The first-order chi connectivity index (χ1) is 6.79. The molecular weight excluding hydrogens is 174 g/mol. The maximum Gasteiger partial charge on any atom is 0.0518 e. The summed E-state index contributed by atoms with van der Waals surface area (Å²) in [5, 5.41) is 0. The molecule has 0 heterocycles. The van der Waals surface area contributed by atoms with Crippen molar-refractivity contribution < 1.29 is 4.74 Å². The van der Waals surface area contributed by atoms with Gasteiger partial charge in [-0.05, 0) is 46.0 Å². The van der Waals surface area contributed by atoms with Gasteiger partial charge in [-0.25, -0.2) is 0 Å². The molecule has 0 aromatic rings. The standard InChI is InChI=1S/C12H23NO/c1-11(2)14-10-6-9-13-12-7-4-3-5-8-12/h11H,3-10H2,1-2H3. The molecule has 0 N–H and O–H groups in total. The molecule has 1 saturated carbocycles. The van der Waals surface area contributed by atoms with Crippen molar-refractivity contribution in [2.75, 3.05) is 13.2 Å². The van der Waals surface area contributed by atoms with E-state index < -0.39 is 0 Å². The Kier molecular flexibility index (Phi) is 5.85. The van der Waals surface area contributed by atoms with Crippen LogP contribution in [0.1, 0.15) is 52.4 Å². The van der Waals surface area contributed by atoms with Crippen molar-refractivity contribution in [1.29, 1.82) is 0 Å². The lowest BCUT2D eigenvalue weighted by molar-refractivity contribution is 0.0783. The Morgan fingerprint density at radius 3 is 2.57 bits per heavy atom. The monoisotopic (exact) mass is 197 g/mol. The lowest BCUT2D eigenvalue weighted by Crippen LogP contribution is -2.07. The molecule has 0 aromatic heterocycles. The fourth-order valence-corrected chi connectivity index (χ4v) is 1.74. The van der Waals surface area contributed by atoms with Crippen molar-refractivity contribution in [1.82, 2.24) is 0 Å². The van der Waals surface area contributed by atoms with E-state index in [9.17, 15) is 0 Å². The lowest BCUT2D eigenvalue weighted by Gasteiger charge is -2.12. The Hall–Kier alpha value is -0.370. The summed E-state index contributed by atoms with van der Waals surface area (Å²) in [6.45, 7) is 5.97. The summed E-state index contributed by atoms with van der Waals surface area (Å²) < 4.78 is 5.46. The average Bonchev–Trinajstić information content (AvgIpc) is 2.18. The SMILES string of the molecule is CC(C)OCCCN=C1CCCCC1. The van der Waals surface area contributed by atoms with E-state index in [2.05, 4.69) is 18.8 Å². The van der Waals surface area contributed by atoms with Gasteiger partial charge in [0.1, 0.15) is 0 Å². The molecule has 0 atom stereocenters. The summed E-state index contributed by atoms with van der Waals surface area (Å²) in [7, 11) is 0. The number of hydrogen-bond donors (Lipinski definition) is 0. The molecule has 82 valence electrons. The van der Waals surface area contributed by atoms with E-state index in [1.165, 1.54) is 37.8 Å². The molecule has 2 heteroatoms. The third-order valence-corrected chi connectivity index (χ3v) is 2.52. The smallest absolute Gasteiger partial charge is 0.0518 e. The largest absolute Gasteiger partial charge is 0.379 e. The number of ether oxygens (including phenoxy) is 1. The number of aliphatic imine (C=N–C) groups is 1. The minimum Gasteiger partial charge on any atom is -0.379 e. The second-order valence-corrected chi connectivity index (χ2v) is 4.28. The van der Waals surface area contributed by atoms with Crippen LogP contribution in [0.15, 0.2) is 4.99 Å². The second-order valence-electron chi connectivity index (χ2n) is 4.28. The van der Waals surface area contributed by atoms with E-state index in [0.29, 0.717) is 6.10 Å². The first kappa shape index (κ1) is 11.7. The van der Waals surface area contributed by atoms with Crippen LogP contribution in [0.4, 0.5) is 0 Å². The number of nitrogens with zero attached hydrogens (tertiary/aromatic N) is 1. The van der Waals surface area contributed by atoms with Crippen molar-refractivity contribution in [2.24, 2.45) is 4.99 Å². The zero-order valence-electron chi connectivity index (χ0n) is 9.59. The van der Waals surface area contributed by atoms with E-state index >= 15 is 0 Å². The van der Waals surface area contributed by atoms with Gasteiger partial charge in [0, 0.05) is 18.9 Å². The average molecular weight is 197 g/mol. The van der Waals surface area contributed by atoms with Crippen molar-refractivity contribution in [2.45, 2.75) is 58.5 Å². The molecule has 14 heavy (non-hydrogen) atoms. The molecule has 0 aromatic carbocycles. The van der Waals surface area contributed by atoms with E-state index in [-0.39, 0.29) is 0 Å². The quantitative estimate of drug-likeness (QED) is 0.620. The summed E-state index contributed by atoms with van der Waals surface area (Å²) >= 11 is 0. The zero-order valence-corrected chi connectivity index (χ0v) is 9.59. The molecule has 0 amide bonds. The Morgan fingerprint density at radius 1 is 1.21 bits per heavy atom. The van der Waals surface area contributed by atoms with Crippen LogP contribution in [0.25, 0.3) is 0 Å². The van der Waals surface area contributed by atoms with Gasteiger partial charge in [0.15, 0.2) is 0 Å². The highest BCUT2D eigenvalue weighted by atomic mass is 16.5. The molecule has 0 radical (unpaired) electrons. The van der Waals surface area contributed by atoms with Gasteiger partial charge in [0.05, 0.1) is 6.10 Å². The van der Waals surface area contributed by atoms with Gasteiger partial charge >= 0.3 is 0 Å². The highest BCUT2D eigenvalue weighted by Crippen LogP contribution is 2.14. The lowest BCUT2D eigenvalue weighted by atomic mass is 9.98. The molecule has 0 spiro atoms. The van der Waals surface area contributed by atoms with Gasteiger partial charge in [-0.2, -0.15) is 0 Å². The van der Waals surface area contributed by atoms with Crippen LogP contribution in [0.3, 0.4) is 0 Å². The van der Waals surface area contributed by atoms with Crippen LogP contribution >= 0.6 is 0 Å². The third-order valence-electron chi connectivity index (χ3n) is 2.52. The highest BCUT2D eigenvalue weighted by molar-refractivity contribution is 5.84. The van der Waals surface area contributed by atoms with Crippen molar-refractivity contribution in [3.63, 3.8) is 0 Å². The van der Waals surface area contributed by atoms with Gasteiger partial charge in [-0.1, -0.05) is 6.42 Å². The highest BCUT2D eigenvalue weighted by Gasteiger charge is 2.05. The molecule has 0 aliphatic heterocycles. The van der Waals surface area contributed by atoms with Gasteiger partial charge in [-0.3, -0.25) is 4.99 Å². The first-order valence-corrected chi connectivity index (χ1v) is 5.93. The molecule has 0 unspecified atom stereocenters. The Labute approximate surface area is 87.8 Å². The molecule has 1 aliphatic carbocycles. The number of hydrogen-bond acceptors (Lipinski definition) is 2. The topological polar surface area (TPSA) is 21.6 Å². The van der Waals surface area contributed by atoms with Crippen LogP contribution in [0.5, 0.6) is 0 Å². The van der Waals surface area contributed by atoms with E-state index in [1.807, 2.05) is 0 Å². The van der Waals surface area contributed by atoms with Gasteiger partial charge in [0.25, 0.3) is 0 Å². The van der Waals surface area contributed by atoms with Gasteiger partial charge in [0.2, 0.25) is 0 Å². The maximum absolute atomic E-state index is 5.46. The second kappa shape index (κ2) is 6.99. The van der Waals surface area contributed by atoms with Crippen molar-refractivity contribution in [3.8, 4) is 0 Å². The van der Waals surface area contributed by atoms with Crippen molar-refractivity contribution in [3.05, 3.63) is 0 Å². The first-order valence-electron chi connectivity index (χ1n) is 5.93. The van der Waals surface area contributed by atoms with E-state index in [4.69, 9.17) is 4.74 Å². The molecule has 0 saturated heterocycles. The predicted molar refractivity (Wildman–Crippen MR) is 61.1 cm³/mol. The van der Waals surface area contributed by atoms with Crippen molar-refractivity contribution >= 4 is 5.71 Å². The Balaban J connectivity index is 2.01. The molecule has 0 bridgehead atoms. The Bertz CT molecular complexity index is 167. The normalized spacial score (nSPS) is 17.5. The van der Waals surface area contributed by atoms with Crippen LogP contribution in [0.2, 0.25) is 0 Å². The Morgan fingerprint density at radius 2 is 1.93 bits per heavy atom. The third kappa shape index (κ3) is 5.38. The predicted octanol–water partition coefficient (Wildman–Crippen LogP) is 3.21. The molecule has 2 nitrogen and oxygen atoms in total. The summed E-state index contributed by atoms with van der Waals surface area (Å²) in [6, 6.07) is 0. The minimum atomic E-state index is 0.359. The van der Waals surface area contributed by atoms with Gasteiger partial charge < -0.3 is 4.74 Å². The number of rotatable bonds is 5. The maximum atomic E-state index is 5.46. The summed E-state index contributed by atoms with van der Waals surface area (Å²) in [6.07, 6.45) is 8.01. The van der Waals surface area contributed by atoms with Gasteiger partial charge in [-0.15, -0.1) is 0 Å². The van der Waals surface area contributed by atoms with E-state index in [0.717, 1.165) is 19.6 Å². The fraction of sp³-hybridized carbons (Fsp3) is 0.917. The van der Waals surface area contributed by atoms with Crippen LogP contribution in [-0.2, 0) is 4.74 Å². The summed E-state index contributed by atoms with van der Waals surface area (Å²) in [5.74, 6) is 0. The fourth-order valence-electron chi connectivity index (χ4n) is 1.74. The van der Waals surface area contributed by atoms with E-state index in [1.54, 1.807) is 0 Å². The molecule has 1 aliphatic rings. The minimum absolute atomic E-state index is 0.359. The van der Waals surface area contributed by atoms with Crippen LogP contribution in [-0.4, -0.2) is 25.0 Å². The summed E-state index contributed by atoms with van der Waals surface area (Å²) in [5.41, 5.74) is 1.45. The molecule has 1 rings (SSSR count). The molecule has 1 fully saturated rings. The summed E-state index contributed by atoms with van der Waals surface area (Å²) in [4.78, 5) is 4.62. The van der Waals surface area contributed by atoms with Crippen LogP contribution < -0.4 is 0 Å².